The third-order valence-electron chi connectivity index (χ3n) is 4.32. The van der Waals surface area contributed by atoms with Gasteiger partial charge in [-0.1, -0.05) is 48.5 Å². The van der Waals surface area contributed by atoms with Crippen molar-refractivity contribution in [3.63, 3.8) is 0 Å². The van der Waals surface area contributed by atoms with Gasteiger partial charge in [0.25, 0.3) is 0 Å². The zero-order chi connectivity index (χ0) is 19.5. The van der Waals surface area contributed by atoms with E-state index in [1.807, 2.05) is 72.8 Å². The number of rotatable bonds is 4. The molecule has 0 bridgehead atoms. The van der Waals surface area contributed by atoms with E-state index in [4.69, 9.17) is 0 Å². The molecule has 0 aliphatic carbocycles. The summed E-state index contributed by atoms with van der Waals surface area (Å²) in [5, 5.41) is 12.0. The summed E-state index contributed by atoms with van der Waals surface area (Å²) in [6.45, 7) is 0. The standard InChI is InChI=1S/C22H15N7/c1-2-8-15(9-3-1)20-22(27-21(29-28-20)18-12-6-7-13-23-18)26-19-14-24-16-10-4-5-11-17(16)25-19/h1-14H,(H,25,26,27,29). The van der Waals surface area contributed by atoms with Gasteiger partial charge in [-0.25, -0.2) is 9.97 Å². The number of para-hydroxylation sites is 2. The van der Waals surface area contributed by atoms with Crippen molar-refractivity contribution in [3.8, 4) is 22.8 Å². The van der Waals surface area contributed by atoms with E-state index >= 15 is 0 Å². The monoisotopic (exact) mass is 377 g/mol. The maximum Gasteiger partial charge on any atom is 0.202 e. The van der Waals surface area contributed by atoms with Crippen LogP contribution < -0.4 is 5.32 Å². The average molecular weight is 377 g/mol. The largest absolute Gasteiger partial charge is 0.322 e. The van der Waals surface area contributed by atoms with Gasteiger partial charge < -0.3 is 5.32 Å². The zero-order valence-electron chi connectivity index (χ0n) is 15.3. The lowest BCUT2D eigenvalue weighted by Crippen LogP contribution is -2.05. The number of fused-ring (bicyclic) bond motifs is 1. The molecule has 0 amide bonds. The van der Waals surface area contributed by atoms with Crippen molar-refractivity contribution < 1.29 is 0 Å². The smallest absolute Gasteiger partial charge is 0.202 e. The number of benzene rings is 2. The van der Waals surface area contributed by atoms with Gasteiger partial charge in [-0.2, -0.15) is 0 Å². The Bertz CT molecular complexity index is 1270. The van der Waals surface area contributed by atoms with E-state index in [1.54, 1.807) is 12.4 Å². The van der Waals surface area contributed by atoms with E-state index in [1.165, 1.54) is 0 Å². The van der Waals surface area contributed by atoms with Crippen LogP contribution in [0.3, 0.4) is 0 Å². The fraction of sp³-hybridized carbons (Fsp3) is 0. The number of nitrogens with zero attached hydrogens (tertiary/aromatic N) is 6. The zero-order valence-corrected chi connectivity index (χ0v) is 15.3. The summed E-state index contributed by atoms with van der Waals surface area (Å²) in [4.78, 5) is 18.1. The first-order valence-electron chi connectivity index (χ1n) is 9.07. The predicted octanol–water partition coefficient (Wildman–Crippen LogP) is 4.29. The molecule has 0 spiro atoms. The molecule has 0 radical (unpaired) electrons. The molecule has 29 heavy (non-hydrogen) atoms. The molecule has 3 aromatic heterocycles. The molecule has 7 nitrogen and oxygen atoms in total. The summed E-state index contributed by atoms with van der Waals surface area (Å²) < 4.78 is 0. The Morgan fingerprint density at radius 1 is 0.655 bits per heavy atom. The van der Waals surface area contributed by atoms with E-state index in [9.17, 15) is 0 Å². The Hall–Kier alpha value is -4.26. The van der Waals surface area contributed by atoms with Crippen molar-refractivity contribution in [1.82, 2.24) is 30.1 Å². The average Bonchev–Trinajstić information content (AvgIpc) is 2.80. The van der Waals surface area contributed by atoms with Gasteiger partial charge in [-0.15, -0.1) is 10.2 Å². The second kappa shape index (κ2) is 7.40. The number of aromatic nitrogens is 6. The molecule has 0 saturated heterocycles. The molecule has 0 unspecified atom stereocenters. The second-order valence-corrected chi connectivity index (χ2v) is 6.28. The maximum absolute atomic E-state index is 4.68. The van der Waals surface area contributed by atoms with Crippen LogP contribution in [0.15, 0.2) is 85.2 Å². The number of anilines is 2. The first-order valence-corrected chi connectivity index (χ1v) is 9.07. The van der Waals surface area contributed by atoms with Gasteiger partial charge in [0, 0.05) is 11.8 Å². The normalized spacial score (nSPS) is 10.8. The van der Waals surface area contributed by atoms with Crippen LogP contribution in [0.1, 0.15) is 0 Å². The number of pyridine rings is 1. The molecule has 0 fully saturated rings. The minimum atomic E-state index is 0.432. The van der Waals surface area contributed by atoms with Crippen molar-refractivity contribution >= 4 is 22.7 Å². The topological polar surface area (TPSA) is 89.4 Å². The van der Waals surface area contributed by atoms with Gasteiger partial charge >= 0.3 is 0 Å². The highest BCUT2D eigenvalue weighted by atomic mass is 15.2. The van der Waals surface area contributed by atoms with Crippen LogP contribution >= 0.6 is 0 Å². The van der Waals surface area contributed by atoms with Crippen molar-refractivity contribution in [2.45, 2.75) is 0 Å². The minimum Gasteiger partial charge on any atom is -0.322 e. The van der Waals surface area contributed by atoms with E-state index in [0.717, 1.165) is 16.6 Å². The number of nitrogens with one attached hydrogen (secondary N) is 1. The SMILES string of the molecule is c1ccc(-c2nnc(-c3ccccn3)nc2Nc2cnc3ccccc3n2)cc1. The van der Waals surface area contributed by atoms with E-state index in [2.05, 4.69) is 35.5 Å². The van der Waals surface area contributed by atoms with Crippen molar-refractivity contribution in [3.05, 3.63) is 85.2 Å². The summed E-state index contributed by atoms with van der Waals surface area (Å²) in [7, 11) is 0. The molecular weight excluding hydrogens is 362 g/mol. The lowest BCUT2D eigenvalue weighted by molar-refractivity contribution is 0.979. The number of hydrogen-bond acceptors (Lipinski definition) is 7. The van der Waals surface area contributed by atoms with Crippen molar-refractivity contribution in [1.29, 1.82) is 0 Å². The Kier molecular flexibility index (Phi) is 4.31. The Morgan fingerprint density at radius 2 is 1.45 bits per heavy atom. The summed E-state index contributed by atoms with van der Waals surface area (Å²) >= 11 is 0. The third kappa shape index (κ3) is 3.49. The summed E-state index contributed by atoms with van der Waals surface area (Å²) in [5.41, 5.74) is 3.80. The van der Waals surface area contributed by atoms with Crippen LogP contribution in [0.25, 0.3) is 33.8 Å². The third-order valence-corrected chi connectivity index (χ3v) is 4.32. The molecule has 2 aromatic carbocycles. The van der Waals surface area contributed by atoms with Gasteiger partial charge in [-0.3, -0.25) is 9.97 Å². The van der Waals surface area contributed by atoms with Crippen LogP contribution in [-0.4, -0.2) is 30.1 Å². The Balaban J connectivity index is 1.61. The molecule has 138 valence electrons. The number of hydrogen-bond donors (Lipinski definition) is 1. The molecule has 5 aromatic rings. The first-order chi connectivity index (χ1) is 14.4. The van der Waals surface area contributed by atoms with Crippen LogP contribution in [-0.2, 0) is 0 Å². The predicted molar refractivity (Wildman–Crippen MR) is 111 cm³/mol. The molecule has 0 aliphatic rings. The van der Waals surface area contributed by atoms with Gasteiger partial charge in [0.1, 0.15) is 11.4 Å². The molecule has 0 atom stereocenters. The molecular formula is C22H15N7. The lowest BCUT2D eigenvalue weighted by atomic mass is 10.1. The Morgan fingerprint density at radius 3 is 2.28 bits per heavy atom. The molecule has 0 saturated carbocycles. The van der Waals surface area contributed by atoms with Crippen LogP contribution in [0.4, 0.5) is 11.6 Å². The van der Waals surface area contributed by atoms with Gasteiger partial charge in [0.05, 0.1) is 17.2 Å². The van der Waals surface area contributed by atoms with Crippen LogP contribution in [0.2, 0.25) is 0 Å². The fourth-order valence-corrected chi connectivity index (χ4v) is 2.95. The highest BCUT2D eigenvalue weighted by Crippen LogP contribution is 2.27. The van der Waals surface area contributed by atoms with Gasteiger partial charge in [0.15, 0.2) is 11.6 Å². The van der Waals surface area contributed by atoms with Crippen LogP contribution in [0, 0.1) is 0 Å². The minimum absolute atomic E-state index is 0.432. The summed E-state index contributed by atoms with van der Waals surface area (Å²) in [6.07, 6.45) is 3.38. The fourth-order valence-electron chi connectivity index (χ4n) is 2.95. The quantitative estimate of drug-likeness (QED) is 0.500. The molecule has 1 N–H and O–H groups in total. The van der Waals surface area contributed by atoms with E-state index in [0.29, 0.717) is 28.8 Å². The van der Waals surface area contributed by atoms with E-state index < -0.39 is 0 Å². The maximum atomic E-state index is 4.68. The van der Waals surface area contributed by atoms with Crippen LogP contribution in [0.5, 0.6) is 0 Å². The van der Waals surface area contributed by atoms with Gasteiger partial charge in [-0.05, 0) is 24.3 Å². The molecule has 7 heteroatoms. The molecule has 0 aliphatic heterocycles. The molecule has 5 rings (SSSR count). The molecule has 3 heterocycles. The van der Waals surface area contributed by atoms with Crippen molar-refractivity contribution in [2.24, 2.45) is 0 Å². The van der Waals surface area contributed by atoms with E-state index in [-0.39, 0.29) is 0 Å². The summed E-state index contributed by atoms with van der Waals surface area (Å²) in [6, 6.07) is 23.1. The Labute approximate surface area is 166 Å². The van der Waals surface area contributed by atoms with Gasteiger partial charge in [0.2, 0.25) is 5.82 Å². The second-order valence-electron chi connectivity index (χ2n) is 6.28. The lowest BCUT2D eigenvalue weighted by Gasteiger charge is -2.11. The highest BCUT2D eigenvalue weighted by molar-refractivity contribution is 5.78. The van der Waals surface area contributed by atoms with Crippen molar-refractivity contribution in [2.75, 3.05) is 5.32 Å². The first kappa shape index (κ1) is 16.9. The summed E-state index contributed by atoms with van der Waals surface area (Å²) in [5.74, 6) is 1.55. The highest BCUT2D eigenvalue weighted by Gasteiger charge is 2.14.